The van der Waals surface area contributed by atoms with Gasteiger partial charge in [0.05, 0.1) is 6.61 Å². The van der Waals surface area contributed by atoms with Gasteiger partial charge in [0.1, 0.15) is 12.4 Å². The van der Waals surface area contributed by atoms with Crippen LogP contribution in [0.4, 0.5) is 0 Å². The normalized spacial score (nSPS) is 10.3. The van der Waals surface area contributed by atoms with Crippen molar-refractivity contribution >= 4 is 12.6 Å². The third-order valence-electron chi connectivity index (χ3n) is 2.89. The standard InChI is InChI=1S/C15H17BO4/c1-19-10-13-3-2-4-15(9-13)20-11-12-5-7-14(8-6-12)16(17)18/h2-9,17-18H,10-11H2,1H3. The van der Waals surface area contributed by atoms with Crippen molar-refractivity contribution < 1.29 is 19.5 Å². The van der Waals surface area contributed by atoms with Crippen molar-refractivity contribution in [3.63, 3.8) is 0 Å². The van der Waals surface area contributed by atoms with E-state index >= 15 is 0 Å². The first-order valence-corrected chi connectivity index (χ1v) is 6.34. The molecule has 0 amide bonds. The van der Waals surface area contributed by atoms with E-state index in [1.165, 1.54) is 0 Å². The fourth-order valence-corrected chi connectivity index (χ4v) is 1.84. The molecule has 0 heterocycles. The highest BCUT2D eigenvalue weighted by Gasteiger charge is 2.09. The zero-order valence-corrected chi connectivity index (χ0v) is 11.3. The van der Waals surface area contributed by atoms with Gasteiger partial charge in [-0.2, -0.15) is 0 Å². The Bertz CT molecular complexity index is 540. The monoisotopic (exact) mass is 272 g/mol. The van der Waals surface area contributed by atoms with Crippen molar-refractivity contribution in [3.8, 4) is 5.75 Å². The maximum atomic E-state index is 9.02. The van der Waals surface area contributed by atoms with Crippen molar-refractivity contribution in [2.45, 2.75) is 13.2 Å². The van der Waals surface area contributed by atoms with Gasteiger partial charge in [0.15, 0.2) is 0 Å². The van der Waals surface area contributed by atoms with Gasteiger partial charge in [0, 0.05) is 7.11 Å². The highest BCUT2D eigenvalue weighted by atomic mass is 16.5. The first kappa shape index (κ1) is 14.6. The third kappa shape index (κ3) is 4.10. The molecule has 4 nitrogen and oxygen atoms in total. The second-order valence-electron chi connectivity index (χ2n) is 4.48. The van der Waals surface area contributed by atoms with Gasteiger partial charge in [-0.05, 0) is 28.7 Å². The average molecular weight is 272 g/mol. The molecule has 104 valence electrons. The molecule has 0 fully saturated rings. The Morgan fingerprint density at radius 3 is 2.35 bits per heavy atom. The van der Waals surface area contributed by atoms with E-state index in [2.05, 4.69) is 0 Å². The Hall–Kier alpha value is -1.82. The van der Waals surface area contributed by atoms with Gasteiger partial charge in [-0.3, -0.25) is 0 Å². The number of ether oxygens (including phenoxy) is 2. The molecule has 0 atom stereocenters. The molecule has 0 spiro atoms. The van der Waals surface area contributed by atoms with Crippen LogP contribution in [0.25, 0.3) is 0 Å². The van der Waals surface area contributed by atoms with Gasteiger partial charge < -0.3 is 19.5 Å². The predicted molar refractivity (Wildman–Crippen MR) is 77.8 cm³/mol. The summed E-state index contributed by atoms with van der Waals surface area (Å²) in [6.45, 7) is 0.985. The van der Waals surface area contributed by atoms with E-state index < -0.39 is 7.12 Å². The van der Waals surface area contributed by atoms with Crippen LogP contribution in [0.15, 0.2) is 48.5 Å². The van der Waals surface area contributed by atoms with E-state index in [0.717, 1.165) is 16.9 Å². The number of methoxy groups -OCH3 is 1. The number of hydrogen-bond acceptors (Lipinski definition) is 4. The molecule has 0 radical (unpaired) electrons. The molecule has 0 aliphatic heterocycles. The van der Waals surface area contributed by atoms with Crippen LogP contribution >= 0.6 is 0 Å². The molecule has 0 aromatic heterocycles. The van der Waals surface area contributed by atoms with Crippen LogP contribution in [0.1, 0.15) is 11.1 Å². The van der Waals surface area contributed by atoms with E-state index in [4.69, 9.17) is 19.5 Å². The molecule has 0 bridgehead atoms. The lowest BCUT2D eigenvalue weighted by atomic mass is 9.80. The Morgan fingerprint density at radius 2 is 1.70 bits per heavy atom. The molecule has 2 aromatic rings. The van der Waals surface area contributed by atoms with Gasteiger partial charge in [0.2, 0.25) is 0 Å². The molecular formula is C15H17BO4. The summed E-state index contributed by atoms with van der Waals surface area (Å²) in [7, 11) is 0.223. The molecule has 0 aliphatic carbocycles. The zero-order valence-electron chi connectivity index (χ0n) is 11.3. The Balaban J connectivity index is 1.96. The van der Waals surface area contributed by atoms with Crippen LogP contribution < -0.4 is 10.2 Å². The van der Waals surface area contributed by atoms with Crippen molar-refractivity contribution in [3.05, 3.63) is 59.7 Å². The van der Waals surface area contributed by atoms with Gasteiger partial charge in [-0.25, -0.2) is 0 Å². The maximum Gasteiger partial charge on any atom is 0.488 e. The van der Waals surface area contributed by atoms with Crippen LogP contribution in [0, 0.1) is 0 Å². The number of benzene rings is 2. The molecule has 2 aromatic carbocycles. The highest BCUT2D eigenvalue weighted by Crippen LogP contribution is 2.15. The minimum absolute atomic E-state index is 0.429. The summed E-state index contributed by atoms with van der Waals surface area (Å²) in [4.78, 5) is 0. The smallest absolute Gasteiger partial charge is 0.488 e. The molecule has 20 heavy (non-hydrogen) atoms. The van der Waals surface area contributed by atoms with Crippen LogP contribution in [-0.2, 0) is 18.0 Å². The van der Waals surface area contributed by atoms with E-state index in [1.807, 2.05) is 36.4 Å². The quantitative estimate of drug-likeness (QED) is 0.773. The largest absolute Gasteiger partial charge is 0.489 e. The third-order valence-corrected chi connectivity index (χ3v) is 2.89. The minimum atomic E-state index is -1.43. The minimum Gasteiger partial charge on any atom is -0.489 e. The summed E-state index contributed by atoms with van der Waals surface area (Å²) in [5.41, 5.74) is 2.49. The summed E-state index contributed by atoms with van der Waals surface area (Å²) < 4.78 is 10.8. The Kier molecular flexibility index (Phi) is 5.18. The first-order chi connectivity index (χ1) is 9.69. The van der Waals surface area contributed by atoms with Crippen molar-refractivity contribution in [1.82, 2.24) is 0 Å². The van der Waals surface area contributed by atoms with E-state index in [1.54, 1.807) is 19.2 Å². The average Bonchev–Trinajstić information content (AvgIpc) is 2.46. The molecule has 0 aliphatic rings. The van der Waals surface area contributed by atoms with Crippen molar-refractivity contribution in [1.29, 1.82) is 0 Å². The fourth-order valence-electron chi connectivity index (χ4n) is 1.84. The topological polar surface area (TPSA) is 58.9 Å². The fraction of sp³-hybridized carbons (Fsp3) is 0.200. The van der Waals surface area contributed by atoms with E-state index in [-0.39, 0.29) is 0 Å². The van der Waals surface area contributed by atoms with Crippen LogP contribution in [0.3, 0.4) is 0 Å². The molecular weight excluding hydrogens is 255 g/mol. The van der Waals surface area contributed by atoms with E-state index in [9.17, 15) is 0 Å². The summed E-state index contributed by atoms with van der Waals surface area (Å²) >= 11 is 0. The van der Waals surface area contributed by atoms with Crippen LogP contribution in [-0.4, -0.2) is 24.3 Å². The molecule has 0 unspecified atom stereocenters. The van der Waals surface area contributed by atoms with Crippen molar-refractivity contribution in [2.24, 2.45) is 0 Å². The Morgan fingerprint density at radius 1 is 0.950 bits per heavy atom. The lowest BCUT2D eigenvalue weighted by molar-refractivity contribution is 0.184. The maximum absolute atomic E-state index is 9.02. The lowest BCUT2D eigenvalue weighted by Gasteiger charge is -2.08. The summed E-state index contributed by atoms with van der Waals surface area (Å²) in [5.74, 6) is 0.783. The highest BCUT2D eigenvalue weighted by molar-refractivity contribution is 6.58. The zero-order chi connectivity index (χ0) is 14.4. The Labute approximate surface area is 118 Å². The lowest BCUT2D eigenvalue weighted by Crippen LogP contribution is -2.29. The number of hydrogen-bond donors (Lipinski definition) is 2. The summed E-state index contributed by atoms with van der Waals surface area (Å²) in [6.07, 6.45) is 0. The SMILES string of the molecule is COCc1cccc(OCc2ccc(B(O)O)cc2)c1. The number of rotatable bonds is 6. The second kappa shape index (κ2) is 7.10. The second-order valence-corrected chi connectivity index (χ2v) is 4.48. The van der Waals surface area contributed by atoms with E-state index in [0.29, 0.717) is 18.7 Å². The van der Waals surface area contributed by atoms with Gasteiger partial charge in [0.25, 0.3) is 0 Å². The molecule has 0 saturated carbocycles. The van der Waals surface area contributed by atoms with Crippen molar-refractivity contribution in [2.75, 3.05) is 7.11 Å². The molecule has 2 N–H and O–H groups in total. The van der Waals surface area contributed by atoms with Crippen LogP contribution in [0.2, 0.25) is 0 Å². The first-order valence-electron chi connectivity index (χ1n) is 6.34. The summed E-state index contributed by atoms with van der Waals surface area (Å²) in [6, 6.07) is 14.7. The van der Waals surface area contributed by atoms with Gasteiger partial charge in [-0.1, -0.05) is 36.4 Å². The van der Waals surface area contributed by atoms with Gasteiger partial charge >= 0.3 is 7.12 Å². The predicted octanol–water partition coefficient (Wildman–Crippen LogP) is 1.09. The molecule has 0 saturated heterocycles. The summed E-state index contributed by atoms with van der Waals surface area (Å²) in [5, 5.41) is 18.0. The van der Waals surface area contributed by atoms with Crippen LogP contribution in [0.5, 0.6) is 5.75 Å². The van der Waals surface area contributed by atoms with Gasteiger partial charge in [-0.15, -0.1) is 0 Å². The molecule has 5 heteroatoms. The molecule has 2 rings (SSSR count).